The molecule has 0 aliphatic rings. The van der Waals surface area contributed by atoms with Crippen LogP contribution in [0.2, 0.25) is 0 Å². The van der Waals surface area contributed by atoms with E-state index in [9.17, 15) is 4.79 Å². The van der Waals surface area contributed by atoms with Gasteiger partial charge in [0.1, 0.15) is 0 Å². The van der Waals surface area contributed by atoms with Crippen LogP contribution in [-0.4, -0.2) is 13.1 Å². The number of aromatic nitrogens is 1. The molecule has 0 fully saturated rings. The molecule has 0 aliphatic heterocycles. The van der Waals surface area contributed by atoms with Crippen LogP contribution >= 0.6 is 0 Å². The van der Waals surface area contributed by atoms with E-state index in [4.69, 9.17) is 5.73 Å². The molecule has 0 saturated heterocycles. The van der Waals surface area contributed by atoms with Gasteiger partial charge in [0.15, 0.2) is 12.4 Å². The second kappa shape index (κ2) is 5.37. The fourth-order valence-corrected chi connectivity index (χ4v) is 0.854. The van der Waals surface area contributed by atoms with Crippen molar-refractivity contribution < 1.29 is 26.5 Å². The Morgan fingerprint density at radius 3 is 2.92 bits per heavy atom. The Balaban J connectivity index is 0.00000144. The molecule has 0 saturated carbocycles. The molecule has 1 aromatic rings. The smallest absolute Gasteiger partial charge is 0.372 e. The van der Waals surface area contributed by atoms with E-state index >= 15 is 0 Å². The van der Waals surface area contributed by atoms with E-state index in [2.05, 4.69) is 4.74 Å². The first-order valence-electron chi connectivity index (χ1n) is 3.54. The van der Waals surface area contributed by atoms with Gasteiger partial charge in [-0.2, -0.15) is 4.57 Å². The van der Waals surface area contributed by atoms with Gasteiger partial charge in [-0.1, -0.05) is 0 Å². The Labute approximate surface area is 82.7 Å². The minimum absolute atomic E-state index is 0. The van der Waals surface area contributed by atoms with Gasteiger partial charge in [0.2, 0.25) is 6.54 Å². The van der Waals surface area contributed by atoms with Gasteiger partial charge in [0.25, 0.3) is 0 Å². The summed E-state index contributed by atoms with van der Waals surface area (Å²) in [5, 5.41) is 0. The third-order valence-electron chi connectivity index (χ3n) is 1.42. The topological polar surface area (TPSA) is 56.2 Å². The van der Waals surface area contributed by atoms with Crippen LogP contribution in [0, 0.1) is 0 Å². The lowest BCUT2D eigenvalue weighted by atomic mass is 10.4. The number of rotatable bonds is 2. The van der Waals surface area contributed by atoms with Crippen molar-refractivity contribution in [1.82, 2.24) is 0 Å². The van der Waals surface area contributed by atoms with Gasteiger partial charge in [0.05, 0.1) is 12.8 Å². The monoisotopic (exact) mass is 202 g/mol. The maximum atomic E-state index is 10.8. The summed E-state index contributed by atoms with van der Waals surface area (Å²) in [5.41, 5.74) is 6.13. The molecular weight excluding hydrogens is 192 g/mol. The molecule has 0 bridgehead atoms. The SMILES string of the molecule is COC(=O)C[n+]1cccc(N)c1.[Cl-]. The van der Waals surface area contributed by atoms with E-state index in [-0.39, 0.29) is 24.9 Å². The molecule has 0 spiro atoms. The zero-order valence-corrected chi connectivity index (χ0v) is 7.99. The number of hydrogen-bond acceptors (Lipinski definition) is 3. The zero-order valence-electron chi connectivity index (χ0n) is 7.24. The molecule has 0 radical (unpaired) electrons. The molecule has 4 nitrogen and oxygen atoms in total. The van der Waals surface area contributed by atoms with E-state index in [1.165, 1.54) is 7.11 Å². The lowest BCUT2D eigenvalue weighted by Gasteiger charge is -1.95. The van der Waals surface area contributed by atoms with E-state index in [1.54, 1.807) is 29.1 Å². The maximum absolute atomic E-state index is 10.8. The first-order chi connectivity index (χ1) is 5.72. The van der Waals surface area contributed by atoms with Crippen molar-refractivity contribution in [2.75, 3.05) is 12.8 Å². The standard InChI is InChI=1S/C8H11N2O2.ClH/c1-12-8(11)6-10-4-2-3-7(9)5-10;/h2-5H,6,9H2,1H3;1H/q+1;/p-1. The normalized spacial score (nSPS) is 8.69. The Kier molecular flexibility index (Phi) is 4.84. The second-order valence-electron chi connectivity index (χ2n) is 2.39. The van der Waals surface area contributed by atoms with Crippen LogP contribution in [0.5, 0.6) is 0 Å². The van der Waals surface area contributed by atoms with Crippen molar-refractivity contribution in [2.45, 2.75) is 6.54 Å². The van der Waals surface area contributed by atoms with Gasteiger partial charge in [-0.25, -0.2) is 4.79 Å². The van der Waals surface area contributed by atoms with Crippen molar-refractivity contribution in [2.24, 2.45) is 0 Å². The number of hydrogen-bond donors (Lipinski definition) is 1. The van der Waals surface area contributed by atoms with Crippen LogP contribution in [0.1, 0.15) is 0 Å². The summed E-state index contributed by atoms with van der Waals surface area (Å²) in [4.78, 5) is 10.8. The summed E-state index contributed by atoms with van der Waals surface area (Å²) in [6, 6.07) is 3.53. The van der Waals surface area contributed by atoms with Crippen LogP contribution in [0.4, 0.5) is 5.69 Å². The van der Waals surface area contributed by atoms with Crippen LogP contribution in [0.25, 0.3) is 0 Å². The van der Waals surface area contributed by atoms with Gasteiger partial charge in [-0.15, -0.1) is 0 Å². The van der Waals surface area contributed by atoms with E-state index in [0.717, 1.165) is 0 Å². The molecule has 0 aliphatic carbocycles. The number of esters is 1. The first kappa shape index (κ1) is 11.7. The predicted octanol–water partition coefficient (Wildman–Crippen LogP) is -3.27. The van der Waals surface area contributed by atoms with Crippen LogP contribution in [-0.2, 0) is 16.1 Å². The van der Waals surface area contributed by atoms with E-state index in [0.29, 0.717) is 5.69 Å². The molecule has 13 heavy (non-hydrogen) atoms. The van der Waals surface area contributed by atoms with Crippen LogP contribution in [0.15, 0.2) is 24.5 Å². The molecule has 0 unspecified atom stereocenters. The molecular formula is C8H11ClN2O2. The molecule has 1 aromatic heterocycles. The lowest BCUT2D eigenvalue weighted by molar-refractivity contribution is -0.685. The lowest BCUT2D eigenvalue weighted by Crippen LogP contribution is -3.00. The van der Waals surface area contributed by atoms with Crippen molar-refractivity contribution in [3.05, 3.63) is 24.5 Å². The molecule has 1 heterocycles. The zero-order chi connectivity index (χ0) is 8.97. The molecule has 72 valence electrons. The Hall–Kier alpha value is -1.29. The largest absolute Gasteiger partial charge is 1.00 e. The number of pyridine rings is 1. The molecule has 5 heteroatoms. The van der Waals surface area contributed by atoms with Gasteiger partial charge >= 0.3 is 5.97 Å². The number of nitrogen functional groups attached to an aromatic ring is 1. The minimum Gasteiger partial charge on any atom is -1.00 e. The average Bonchev–Trinajstić information content (AvgIpc) is 2.04. The quantitative estimate of drug-likeness (QED) is 0.405. The molecule has 1 rings (SSSR count). The molecule has 2 N–H and O–H groups in total. The number of ether oxygens (including phenoxy) is 1. The fourth-order valence-electron chi connectivity index (χ4n) is 0.854. The summed E-state index contributed by atoms with van der Waals surface area (Å²) in [6.45, 7) is 0.196. The summed E-state index contributed by atoms with van der Waals surface area (Å²) in [5.74, 6) is -0.286. The highest BCUT2D eigenvalue weighted by molar-refractivity contribution is 5.67. The minimum atomic E-state index is -0.286. The van der Waals surface area contributed by atoms with Gasteiger partial charge in [-0.05, 0) is 6.07 Å². The average molecular weight is 203 g/mol. The van der Waals surface area contributed by atoms with Crippen LogP contribution in [0.3, 0.4) is 0 Å². The number of nitrogens with zero attached hydrogens (tertiary/aromatic N) is 1. The maximum Gasteiger partial charge on any atom is 0.372 e. The summed E-state index contributed by atoms with van der Waals surface area (Å²) in [6.07, 6.45) is 3.43. The van der Waals surface area contributed by atoms with E-state index in [1.807, 2.05) is 0 Å². The van der Waals surface area contributed by atoms with Crippen LogP contribution < -0.4 is 22.7 Å². The Morgan fingerprint density at radius 1 is 1.69 bits per heavy atom. The van der Waals surface area contributed by atoms with E-state index < -0.39 is 0 Å². The van der Waals surface area contributed by atoms with Crippen molar-refractivity contribution >= 4 is 11.7 Å². The number of methoxy groups -OCH3 is 1. The number of anilines is 1. The highest BCUT2D eigenvalue weighted by atomic mass is 35.5. The van der Waals surface area contributed by atoms with Crippen molar-refractivity contribution in [3.63, 3.8) is 0 Å². The fraction of sp³-hybridized carbons (Fsp3) is 0.250. The van der Waals surface area contributed by atoms with Gasteiger partial charge in [-0.3, -0.25) is 0 Å². The third-order valence-corrected chi connectivity index (χ3v) is 1.42. The second-order valence-corrected chi connectivity index (χ2v) is 2.39. The molecule has 0 atom stereocenters. The number of carbonyl (C=O) groups is 1. The Morgan fingerprint density at radius 2 is 2.38 bits per heavy atom. The molecule has 0 amide bonds. The first-order valence-corrected chi connectivity index (χ1v) is 3.54. The summed E-state index contributed by atoms with van der Waals surface area (Å²) < 4.78 is 6.16. The third kappa shape index (κ3) is 3.75. The number of halogens is 1. The number of carbonyl (C=O) groups excluding carboxylic acids is 1. The van der Waals surface area contributed by atoms with Gasteiger partial charge < -0.3 is 22.9 Å². The highest BCUT2D eigenvalue weighted by Crippen LogP contribution is 1.92. The Bertz CT molecular complexity index is 291. The molecule has 0 aromatic carbocycles. The van der Waals surface area contributed by atoms with Crippen molar-refractivity contribution in [3.8, 4) is 0 Å². The van der Waals surface area contributed by atoms with Gasteiger partial charge in [0, 0.05) is 6.07 Å². The predicted molar refractivity (Wildman–Crippen MR) is 43.1 cm³/mol. The van der Waals surface area contributed by atoms with Crippen molar-refractivity contribution in [1.29, 1.82) is 0 Å². The summed E-state index contributed by atoms with van der Waals surface area (Å²) >= 11 is 0. The highest BCUT2D eigenvalue weighted by Gasteiger charge is 2.07. The number of nitrogens with two attached hydrogens (primary N) is 1. The summed E-state index contributed by atoms with van der Waals surface area (Å²) in [7, 11) is 1.36.